The van der Waals surface area contributed by atoms with Gasteiger partial charge in [-0.25, -0.2) is 0 Å². The maximum atomic E-state index is 11.9. The molecule has 0 saturated heterocycles. The van der Waals surface area contributed by atoms with Gasteiger partial charge >= 0.3 is 5.97 Å². The molecule has 1 aromatic rings. The van der Waals surface area contributed by atoms with Crippen LogP contribution in [0.4, 0.5) is 0 Å². The topological polar surface area (TPSA) is 88.8 Å². The van der Waals surface area contributed by atoms with E-state index in [0.29, 0.717) is 5.76 Å². The first-order valence-corrected chi connectivity index (χ1v) is 8.26. The van der Waals surface area contributed by atoms with Gasteiger partial charge in [0.15, 0.2) is 6.61 Å². The maximum Gasteiger partial charge on any atom is 0.309 e. The molecule has 1 fully saturated rings. The summed E-state index contributed by atoms with van der Waals surface area (Å²) in [6.45, 7) is -0.150. The number of hydrogen-bond acceptors (Lipinski definition) is 5. The Balaban J connectivity index is 1.65. The van der Waals surface area contributed by atoms with Crippen LogP contribution in [-0.4, -0.2) is 42.9 Å². The summed E-state index contributed by atoms with van der Waals surface area (Å²) in [6, 6.07) is 3.48. The third-order valence-corrected chi connectivity index (χ3v) is 4.12. The largest absolute Gasteiger partial charge is 0.467 e. The summed E-state index contributed by atoms with van der Waals surface area (Å²) < 4.78 is 10.2. The lowest BCUT2D eigenvalue weighted by atomic mass is 9.89. The van der Waals surface area contributed by atoms with Crippen molar-refractivity contribution in [2.45, 2.75) is 38.6 Å². The van der Waals surface area contributed by atoms with Crippen molar-refractivity contribution in [3.05, 3.63) is 24.2 Å². The molecule has 1 saturated carbocycles. The van der Waals surface area contributed by atoms with Crippen molar-refractivity contribution < 1.29 is 23.5 Å². The molecule has 0 atom stereocenters. The Morgan fingerprint density at radius 2 is 2.04 bits per heavy atom. The molecular formula is C17H24N2O5. The van der Waals surface area contributed by atoms with Gasteiger partial charge in [-0.3, -0.25) is 14.4 Å². The Bertz CT molecular complexity index is 549. The van der Waals surface area contributed by atoms with Crippen LogP contribution in [0.3, 0.4) is 0 Å². The third-order valence-electron chi connectivity index (χ3n) is 4.12. The second-order valence-corrected chi connectivity index (χ2v) is 6.05. The van der Waals surface area contributed by atoms with Crippen LogP contribution in [0.25, 0.3) is 0 Å². The first-order chi connectivity index (χ1) is 11.6. The summed E-state index contributed by atoms with van der Waals surface area (Å²) in [6.07, 6.45) is 6.40. The number of carbonyl (C=O) groups is 3. The summed E-state index contributed by atoms with van der Waals surface area (Å²) in [5.74, 6) is -0.459. The quantitative estimate of drug-likeness (QED) is 0.762. The zero-order chi connectivity index (χ0) is 17.4. The smallest absolute Gasteiger partial charge is 0.309 e. The second-order valence-electron chi connectivity index (χ2n) is 6.05. The molecule has 1 N–H and O–H groups in total. The lowest BCUT2D eigenvalue weighted by Crippen LogP contribution is -2.40. The molecule has 0 spiro atoms. The Morgan fingerprint density at radius 1 is 1.29 bits per heavy atom. The second kappa shape index (κ2) is 9.10. The molecule has 0 unspecified atom stereocenters. The predicted octanol–water partition coefficient (Wildman–Crippen LogP) is 1.48. The molecule has 0 radical (unpaired) electrons. The molecule has 7 heteroatoms. The lowest BCUT2D eigenvalue weighted by molar-refractivity contribution is -0.156. The van der Waals surface area contributed by atoms with Crippen LogP contribution >= 0.6 is 0 Å². The van der Waals surface area contributed by atoms with Gasteiger partial charge < -0.3 is 19.4 Å². The van der Waals surface area contributed by atoms with E-state index in [4.69, 9.17) is 9.15 Å². The zero-order valence-electron chi connectivity index (χ0n) is 14.0. The number of hydrogen-bond donors (Lipinski definition) is 1. The first-order valence-electron chi connectivity index (χ1n) is 8.26. The molecule has 132 valence electrons. The third kappa shape index (κ3) is 5.72. The molecule has 0 aliphatic heterocycles. The van der Waals surface area contributed by atoms with Crippen molar-refractivity contribution >= 4 is 17.8 Å². The molecule has 1 aliphatic rings. The van der Waals surface area contributed by atoms with Gasteiger partial charge in [-0.1, -0.05) is 19.3 Å². The van der Waals surface area contributed by atoms with E-state index in [1.54, 1.807) is 12.1 Å². The molecule has 0 bridgehead atoms. The summed E-state index contributed by atoms with van der Waals surface area (Å²) in [7, 11) is 1.50. The molecule has 1 aromatic heterocycles. The van der Waals surface area contributed by atoms with E-state index >= 15 is 0 Å². The number of esters is 1. The normalized spacial score (nSPS) is 14.9. The van der Waals surface area contributed by atoms with E-state index in [1.807, 2.05) is 0 Å². The van der Waals surface area contributed by atoms with Crippen LogP contribution in [0.2, 0.25) is 0 Å². The maximum absolute atomic E-state index is 11.9. The molecule has 2 amide bonds. The molecule has 1 aliphatic carbocycles. The monoisotopic (exact) mass is 336 g/mol. The Kier molecular flexibility index (Phi) is 6.84. The molecule has 1 heterocycles. The van der Waals surface area contributed by atoms with E-state index in [1.165, 1.54) is 18.2 Å². The number of amides is 2. The van der Waals surface area contributed by atoms with Gasteiger partial charge in [-0.05, 0) is 25.0 Å². The summed E-state index contributed by atoms with van der Waals surface area (Å²) in [5, 5.41) is 2.65. The molecule has 7 nitrogen and oxygen atoms in total. The minimum atomic E-state index is -0.396. The number of nitrogens with one attached hydrogen (secondary N) is 1. The highest BCUT2D eigenvalue weighted by Gasteiger charge is 2.24. The molecular weight excluding hydrogens is 312 g/mol. The van der Waals surface area contributed by atoms with E-state index in [9.17, 15) is 14.4 Å². The van der Waals surface area contributed by atoms with Crippen LogP contribution in [0.1, 0.15) is 37.9 Å². The van der Waals surface area contributed by atoms with E-state index < -0.39 is 5.91 Å². The van der Waals surface area contributed by atoms with Crippen molar-refractivity contribution in [1.29, 1.82) is 0 Å². The van der Waals surface area contributed by atoms with Crippen molar-refractivity contribution in [2.75, 3.05) is 20.2 Å². The number of nitrogens with zero attached hydrogens (tertiary/aromatic N) is 1. The summed E-state index contributed by atoms with van der Waals surface area (Å²) >= 11 is 0. The Labute approximate surface area is 141 Å². The Hall–Kier alpha value is -2.31. The predicted molar refractivity (Wildman–Crippen MR) is 85.7 cm³/mol. The number of likely N-dealkylation sites (N-methyl/N-ethyl adjacent to an activating group) is 1. The number of carbonyl (C=O) groups excluding carboxylic acids is 3. The molecule has 24 heavy (non-hydrogen) atoms. The van der Waals surface area contributed by atoms with Gasteiger partial charge in [0.2, 0.25) is 5.91 Å². The van der Waals surface area contributed by atoms with E-state index in [0.717, 1.165) is 32.1 Å². The minimum Gasteiger partial charge on any atom is -0.467 e. The van der Waals surface area contributed by atoms with Gasteiger partial charge in [0.05, 0.1) is 25.3 Å². The van der Waals surface area contributed by atoms with Gasteiger partial charge in [-0.15, -0.1) is 0 Å². The zero-order valence-corrected chi connectivity index (χ0v) is 14.0. The first kappa shape index (κ1) is 18.0. The van der Waals surface area contributed by atoms with Crippen molar-refractivity contribution in [2.24, 2.45) is 5.92 Å². The number of rotatable bonds is 7. The summed E-state index contributed by atoms with van der Waals surface area (Å²) in [5.41, 5.74) is 0. The lowest BCUT2D eigenvalue weighted by Gasteiger charge is -2.21. The van der Waals surface area contributed by atoms with E-state index in [2.05, 4.69) is 5.32 Å². The van der Waals surface area contributed by atoms with Crippen LogP contribution in [0.5, 0.6) is 0 Å². The highest BCUT2D eigenvalue weighted by atomic mass is 16.5. The average Bonchev–Trinajstić information content (AvgIpc) is 3.11. The molecule has 2 rings (SSSR count). The fourth-order valence-corrected chi connectivity index (χ4v) is 2.66. The minimum absolute atomic E-state index is 0.0894. The summed E-state index contributed by atoms with van der Waals surface area (Å²) in [4.78, 5) is 36.9. The van der Waals surface area contributed by atoms with E-state index in [-0.39, 0.29) is 37.5 Å². The van der Waals surface area contributed by atoms with Gasteiger partial charge in [0.25, 0.3) is 5.91 Å². The Morgan fingerprint density at radius 3 is 2.71 bits per heavy atom. The highest BCUT2D eigenvalue weighted by molar-refractivity contribution is 5.86. The SMILES string of the molecule is CN(CC(=O)NCc1ccco1)C(=O)COC(=O)C1CCCCC1. The van der Waals surface area contributed by atoms with Crippen LogP contribution in [0, 0.1) is 5.92 Å². The highest BCUT2D eigenvalue weighted by Crippen LogP contribution is 2.24. The molecule has 0 aromatic carbocycles. The van der Waals surface area contributed by atoms with Crippen LogP contribution in [0.15, 0.2) is 22.8 Å². The van der Waals surface area contributed by atoms with Crippen LogP contribution < -0.4 is 5.32 Å². The fraction of sp³-hybridized carbons (Fsp3) is 0.588. The van der Waals surface area contributed by atoms with Crippen molar-refractivity contribution in [3.63, 3.8) is 0 Å². The van der Waals surface area contributed by atoms with Gasteiger partial charge in [0.1, 0.15) is 5.76 Å². The van der Waals surface area contributed by atoms with Gasteiger partial charge in [0, 0.05) is 7.05 Å². The van der Waals surface area contributed by atoms with Crippen molar-refractivity contribution in [3.8, 4) is 0 Å². The van der Waals surface area contributed by atoms with Crippen LogP contribution in [-0.2, 0) is 25.7 Å². The van der Waals surface area contributed by atoms with Crippen molar-refractivity contribution in [1.82, 2.24) is 10.2 Å². The average molecular weight is 336 g/mol. The van der Waals surface area contributed by atoms with Gasteiger partial charge in [-0.2, -0.15) is 0 Å². The number of ether oxygens (including phenoxy) is 1. The standard InChI is InChI=1S/C17H24N2O5/c1-19(11-15(20)18-10-14-8-5-9-23-14)16(21)12-24-17(22)13-6-3-2-4-7-13/h5,8-9,13H,2-4,6-7,10-12H2,1H3,(H,18,20). The fourth-order valence-electron chi connectivity index (χ4n) is 2.66. The number of furan rings is 1.